The van der Waals surface area contributed by atoms with Gasteiger partial charge in [0, 0.05) is 57.4 Å². The zero-order valence-electron chi connectivity index (χ0n) is 15.6. The second kappa shape index (κ2) is 11.7. The molecule has 0 aliphatic carbocycles. The lowest BCUT2D eigenvalue weighted by atomic mass is 10.1. The molecule has 3 rings (SSSR count). The summed E-state index contributed by atoms with van der Waals surface area (Å²) in [5, 5.41) is 6.50. The third-order valence-electron chi connectivity index (χ3n) is 5.06. The van der Waals surface area contributed by atoms with Crippen LogP contribution in [0.2, 0.25) is 0 Å². The number of amides is 1. The molecule has 0 unspecified atom stereocenters. The molecule has 1 aromatic carbocycles. The van der Waals surface area contributed by atoms with Gasteiger partial charge in [-0.3, -0.25) is 9.69 Å². The Bertz CT molecular complexity index is 544. The number of hydrogen-bond acceptors (Lipinski definition) is 4. The van der Waals surface area contributed by atoms with Crippen LogP contribution in [0.25, 0.3) is 0 Å². The highest BCUT2D eigenvalue weighted by Gasteiger charge is 2.19. The summed E-state index contributed by atoms with van der Waals surface area (Å²) >= 11 is 0. The molecule has 5 nitrogen and oxygen atoms in total. The molecule has 2 N–H and O–H groups in total. The van der Waals surface area contributed by atoms with Gasteiger partial charge in [-0.1, -0.05) is 12.1 Å². The number of rotatable bonds is 5. The number of piperazine rings is 1. The number of hydrogen-bond donors (Lipinski definition) is 2. The zero-order valence-corrected chi connectivity index (χ0v) is 17.2. The monoisotopic (exact) mass is 402 g/mol. The Balaban J connectivity index is 0.00000169. The first-order valence-corrected chi connectivity index (χ1v) is 9.25. The maximum atomic E-state index is 12.1. The molecule has 2 aliphatic heterocycles. The van der Waals surface area contributed by atoms with Gasteiger partial charge >= 0.3 is 0 Å². The number of aryl methyl sites for hydroxylation is 1. The number of piperidine rings is 1. The van der Waals surface area contributed by atoms with E-state index in [9.17, 15) is 4.79 Å². The lowest BCUT2D eigenvalue weighted by Gasteiger charge is -2.36. The lowest BCUT2D eigenvalue weighted by molar-refractivity contribution is -0.122. The Kier molecular flexibility index (Phi) is 10.3. The summed E-state index contributed by atoms with van der Waals surface area (Å²) in [6.45, 7) is 9.15. The molecule has 2 fully saturated rings. The minimum Gasteiger partial charge on any atom is -0.369 e. The summed E-state index contributed by atoms with van der Waals surface area (Å²) in [7, 11) is 0. The summed E-state index contributed by atoms with van der Waals surface area (Å²) in [6.07, 6.45) is 2.88. The number of nitrogens with one attached hydrogen (secondary N) is 2. The first-order chi connectivity index (χ1) is 11.7. The normalized spacial score (nSPS) is 20.7. The van der Waals surface area contributed by atoms with Gasteiger partial charge in [0.05, 0.1) is 0 Å². The van der Waals surface area contributed by atoms with Crippen LogP contribution in [0.1, 0.15) is 24.8 Å². The highest BCUT2D eigenvalue weighted by molar-refractivity contribution is 5.85. The van der Waals surface area contributed by atoms with E-state index < -0.39 is 0 Å². The van der Waals surface area contributed by atoms with Gasteiger partial charge in [-0.25, -0.2) is 0 Å². The van der Waals surface area contributed by atoms with Gasteiger partial charge in [0.25, 0.3) is 0 Å². The van der Waals surface area contributed by atoms with Gasteiger partial charge in [0.15, 0.2) is 0 Å². The first kappa shape index (κ1) is 23.0. The van der Waals surface area contributed by atoms with E-state index in [-0.39, 0.29) is 30.7 Å². The Morgan fingerprint density at radius 2 is 2.00 bits per heavy atom. The summed E-state index contributed by atoms with van der Waals surface area (Å²) in [5.74, 6) is 0.199. The van der Waals surface area contributed by atoms with E-state index in [0.717, 1.165) is 58.7 Å². The molecule has 0 spiro atoms. The molecule has 1 amide bonds. The topological polar surface area (TPSA) is 47.6 Å². The van der Waals surface area contributed by atoms with Crippen molar-refractivity contribution in [1.82, 2.24) is 15.5 Å². The molecule has 2 heterocycles. The standard InChI is InChI=1S/C19H30N4O.2ClH/c1-16-4-2-6-18(14-16)23-12-10-22(11-13-23)9-7-19(24)21-17-5-3-8-20-15-17;;/h2,4,6,14,17,20H,3,5,7-13,15H2,1H3,(H,21,24);2*1H/t17-;;/m0../s1. The van der Waals surface area contributed by atoms with Gasteiger partial charge in [0.1, 0.15) is 0 Å². The fraction of sp³-hybridized carbons (Fsp3) is 0.632. The van der Waals surface area contributed by atoms with Crippen LogP contribution in [0.4, 0.5) is 5.69 Å². The fourth-order valence-electron chi connectivity index (χ4n) is 3.59. The van der Waals surface area contributed by atoms with E-state index in [1.54, 1.807) is 0 Å². The highest BCUT2D eigenvalue weighted by atomic mass is 35.5. The largest absolute Gasteiger partial charge is 0.369 e. The molecular weight excluding hydrogens is 371 g/mol. The van der Waals surface area contributed by atoms with Crippen molar-refractivity contribution in [3.63, 3.8) is 0 Å². The average Bonchev–Trinajstić information content (AvgIpc) is 2.61. The van der Waals surface area contributed by atoms with Crippen molar-refractivity contribution in [2.45, 2.75) is 32.2 Å². The van der Waals surface area contributed by atoms with Crippen molar-refractivity contribution in [2.24, 2.45) is 0 Å². The Hall–Kier alpha value is -1.01. The predicted octanol–water partition coefficient (Wildman–Crippen LogP) is 2.22. The molecule has 0 saturated carbocycles. The minimum absolute atomic E-state index is 0. The molecule has 7 heteroatoms. The van der Waals surface area contributed by atoms with Gasteiger partial charge < -0.3 is 15.5 Å². The number of anilines is 1. The van der Waals surface area contributed by atoms with E-state index in [1.165, 1.54) is 11.3 Å². The van der Waals surface area contributed by atoms with Gasteiger partial charge in [-0.05, 0) is 44.0 Å². The van der Waals surface area contributed by atoms with Crippen LogP contribution in [0.5, 0.6) is 0 Å². The molecule has 26 heavy (non-hydrogen) atoms. The van der Waals surface area contributed by atoms with Crippen LogP contribution in [-0.2, 0) is 4.79 Å². The number of carbonyl (C=O) groups excluding carboxylic acids is 1. The molecule has 0 radical (unpaired) electrons. The SMILES string of the molecule is Cc1cccc(N2CCN(CCC(=O)N[C@H]3CCCNC3)CC2)c1.Cl.Cl. The van der Waals surface area contributed by atoms with Crippen LogP contribution in [0, 0.1) is 6.92 Å². The Morgan fingerprint density at radius 1 is 1.23 bits per heavy atom. The molecule has 1 atom stereocenters. The molecule has 2 aliphatic rings. The summed E-state index contributed by atoms with van der Waals surface area (Å²) < 4.78 is 0. The smallest absolute Gasteiger partial charge is 0.221 e. The van der Waals surface area contributed by atoms with Gasteiger partial charge in [0.2, 0.25) is 5.91 Å². The molecule has 0 bridgehead atoms. The van der Waals surface area contributed by atoms with E-state index >= 15 is 0 Å². The number of halogens is 2. The van der Waals surface area contributed by atoms with Crippen molar-refractivity contribution in [1.29, 1.82) is 0 Å². The third-order valence-corrected chi connectivity index (χ3v) is 5.06. The van der Waals surface area contributed by atoms with Crippen LogP contribution < -0.4 is 15.5 Å². The second-order valence-corrected chi connectivity index (χ2v) is 7.03. The van der Waals surface area contributed by atoms with Crippen molar-refractivity contribution in [3.05, 3.63) is 29.8 Å². The van der Waals surface area contributed by atoms with E-state index in [0.29, 0.717) is 12.5 Å². The fourth-order valence-corrected chi connectivity index (χ4v) is 3.59. The quantitative estimate of drug-likeness (QED) is 0.792. The first-order valence-electron chi connectivity index (χ1n) is 9.25. The van der Waals surface area contributed by atoms with Gasteiger partial charge in [-0.2, -0.15) is 0 Å². The zero-order chi connectivity index (χ0) is 16.8. The second-order valence-electron chi connectivity index (χ2n) is 7.03. The summed E-state index contributed by atoms with van der Waals surface area (Å²) in [4.78, 5) is 17.0. The average molecular weight is 403 g/mol. The van der Waals surface area contributed by atoms with E-state index in [1.807, 2.05) is 0 Å². The molecule has 0 aromatic heterocycles. The molecular formula is C19H32Cl2N4O. The molecule has 148 valence electrons. The summed E-state index contributed by atoms with van der Waals surface area (Å²) in [6, 6.07) is 9.03. The van der Waals surface area contributed by atoms with E-state index in [4.69, 9.17) is 0 Å². The van der Waals surface area contributed by atoms with Crippen LogP contribution >= 0.6 is 24.8 Å². The Morgan fingerprint density at radius 3 is 2.65 bits per heavy atom. The lowest BCUT2D eigenvalue weighted by Crippen LogP contribution is -2.48. The van der Waals surface area contributed by atoms with Crippen LogP contribution in [-0.4, -0.2) is 62.7 Å². The number of carbonyl (C=O) groups is 1. The summed E-state index contributed by atoms with van der Waals surface area (Å²) in [5.41, 5.74) is 2.63. The van der Waals surface area contributed by atoms with Crippen molar-refractivity contribution in [2.75, 3.05) is 50.7 Å². The Labute approximate surface area is 169 Å². The van der Waals surface area contributed by atoms with Crippen molar-refractivity contribution < 1.29 is 4.79 Å². The van der Waals surface area contributed by atoms with Crippen molar-refractivity contribution >= 4 is 36.4 Å². The molecule has 1 aromatic rings. The van der Waals surface area contributed by atoms with E-state index in [2.05, 4.69) is 51.6 Å². The van der Waals surface area contributed by atoms with Gasteiger partial charge in [-0.15, -0.1) is 24.8 Å². The number of nitrogens with zero attached hydrogens (tertiary/aromatic N) is 2. The third kappa shape index (κ3) is 6.95. The highest BCUT2D eigenvalue weighted by Crippen LogP contribution is 2.17. The van der Waals surface area contributed by atoms with Crippen molar-refractivity contribution in [3.8, 4) is 0 Å². The minimum atomic E-state index is 0. The van der Waals surface area contributed by atoms with Crippen LogP contribution in [0.3, 0.4) is 0 Å². The maximum Gasteiger partial charge on any atom is 0.221 e. The number of benzene rings is 1. The maximum absolute atomic E-state index is 12.1. The van der Waals surface area contributed by atoms with Crippen LogP contribution in [0.15, 0.2) is 24.3 Å². The predicted molar refractivity (Wildman–Crippen MR) is 113 cm³/mol. The molecule has 2 saturated heterocycles.